The first-order chi connectivity index (χ1) is 10.3. The zero-order chi connectivity index (χ0) is 16.3. The van der Waals surface area contributed by atoms with Crippen LogP contribution in [0.1, 0.15) is 36.8 Å². The summed E-state index contributed by atoms with van der Waals surface area (Å²) < 4.78 is 0. The molecular weight excluding hydrogens is 296 g/mol. The van der Waals surface area contributed by atoms with Crippen LogP contribution >= 0.6 is 11.3 Å². The highest BCUT2D eigenvalue weighted by Crippen LogP contribution is 2.27. The van der Waals surface area contributed by atoms with Crippen molar-refractivity contribution in [2.24, 2.45) is 0 Å². The number of nitrogens with zero attached hydrogens (tertiary/aromatic N) is 2. The lowest BCUT2D eigenvalue weighted by Gasteiger charge is -2.27. The normalized spacial score (nSPS) is 11.5. The Morgan fingerprint density at radius 1 is 1.36 bits per heavy atom. The molecule has 0 aliphatic heterocycles. The Labute approximate surface area is 135 Å². The van der Waals surface area contributed by atoms with Crippen molar-refractivity contribution in [2.45, 2.75) is 33.3 Å². The molecule has 0 aliphatic carbocycles. The average molecular weight is 318 g/mol. The highest BCUT2D eigenvalue weighted by atomic mass is 32.1. The molecule has 1 N–H and O–H groups in total. The van der Waals surface area contributed by atoms with Crippen LogP contribution in [-0.2, 0) is 0 Å². The van der Waals surface area contributed by atoms with E-state index in [1.54, 1.807) is 24.1 Å². The molecule has 2 rings (SSSR count). The maximum absolute atomic E-state index is 12.5. The number of hydrogen-bond acceptors (Lipinski definition) is 4. The van der Waals surface area contributed by atoms with Gasteiger partial charge in [0.05, 0.1) is 5.60 Å². The van der Waals surface area contributed by atoms with E-state index in [0.29, 0.717) is 18.8 Å². The fourth-order valence-electron chi connectivity index (χ4n) is 2.26. The van der Waals surface area contributed by atoms with Crippen molar-refractivity contribution in [3.63, 3.8) is 0 Å². The first-order valence-corrected chi connectivity index (χ1v) is 8.23. The zero-order valence-corrected chi connectivity index (χ0v) is 14.3. The minimum Gasteiger partial charge on any atom is -0.389 e. The van der Waals surface area contributed by atoms with Crippen LogP contribution < -0.4 is 0 Å². The molecule has 0 bridgehead atoms. The minimum atomic E-state index is -0.916. The predicted molar refractivity (Wildman–Crippen MR) is 90.2 cm³/mol. The molecular formula is C17H22N2O2S. The van der Waals surface area contributed by atoms with Crippen LogP contribution in [0.25, 0.3) is 10.6 Å². The number of carbonyl (C=O) groups is 1. The summed E-state index contributed by atoms with van der Waals surface area (Å²) in [4.78, 5) is 18.6. The summed E-state index contributed by atoms with van der Waals surface area (Å²) in [5.74, 6) is -0.138. The second kappa shape index (κ2) is 6.58. The van der Waals surface area contributed by atoms with Crippen LogP contribution in [0, 0.1) is 6.92 Å². The van der Waals surface area contributed by atoms with E-state index >= 15 is 0 Å². The summed E-state index contributed by atoms with van der Waals surface area (Å²) >= 11 is 1.47. The molecule has 5 heteroatoms. The molecule has 0 saturated heterocycles. The molecule has 1 aromatic carbocycles. The minimum absolute atomic E-state index is 0.138. The van der Waals surface area contributed by atoms with Crippen LogP contribution in [-0.4, -0.2) is 39.6 Å². The van der Waals surface area contributed by atoms with Gasteiger partial charge >= 0.3 is 0 Å². The van der Waals surface area contributed by atoms with Crippen LogP contribution in [0.15, 0.2) is 29.6 Å². The average Bonchev–Trinajstić information content (AvgIpc) is 2.93. The highest BCUT2D eigenvalue weighted by molar-refractivity contribution is 7.13. The van der Waals surface area contributed by atoms with E-state index in [9.17, 15) is 9.90 Å². The number of benzene rings is 1. The van der Waals surface area contributed by atoms with Gasteiger partial charge < -0.3 is 10.0 Å². The molecule has 1 heterocycles. The van der Waals surface area contributed by atoms with Gasteiger partial charge in [-0.2, -0.15) is 0 Å². The van der Waals surface area contributed by atoms with Crippen molar-refractivity contribution >= 4 is 17.2 Å². The van der Waals surface area contributed by atoms with Gasteiger partial charge in [-0.25, -0.2) is 4.98 Å². The summed E-state index contributed by atoms with van der Waals surface area (Å²) in [6, 6.07) is 8.00. The molecule has 0 fully saturated rings. The SMILES string of the molecule is CCN(CC(C)(C)O)C(=O)c1csc(-c2ccccc2C)n1. The Morgan fingerprint density at radius 2 is 2.05 bits per heavy atom. The van der Waals surface area contributed by atoms with E-state index in [-0.39, 0.29) is 5.91 Å². The lowest BCUT2D eigenvalue weighted by Crippen LogP contribution is -2.42. The van der Waals surface area contributed by atoms with Gasteiger partial charge in [0.25, 0.3) is 5.91 Å². The van der Waals surface area contributed by atoms with E-state index in [2.05, 4.69) is 4.98 Å². The van der Waals surface area contributed by atoms with E-state index in [1.807, 2.05) is 38.1 Å². The molecule has 0 spiro atoms. The summed E-state index contributed by atoms with van der Waals surface area (Å²) in [6.07, 6.45) is 0. The molecule has 0 radical (unpaired) electrons. The van der Waals surface area contributed by atoms with Gasteiger partial charge in [-0.1, -0.05) is 24.3 Å². The highest BCUT2D eigenvalue weighted by Gasteiger charge is 2.24. The number of likely N-dealkylation sites (N-methyl/N-ethyl adjacent to an activating group) is 1. The molecule has 1 amide bonds. The molecule has 0 aliphatic rings. The van der Waals surface area contributed by atoms with Gasteiger partial charge in [0.1, 0.15) is 10.7 Å². The smallest absolute Gasteiger partial charge is 0.273 e. The Bertz CT molecular complexity index is 659. The molecule has 0 atom stereocenters. The second-order valence-electron chi connectivity index (χ2n) is 5.98. The van der Waals surface area contributed by atoms with E-state index < -0.39 is 5.60 Å². The van der Waals surface area contributed by atoms with Gasteiger partial charge in [0.2, 0.25) is 0 Å². The van der Waals surface area contributed by atoms with Crippen molar-refractivity contribution in [1.29, 1.82) is 0 Å². The summed E-state index contributed by atoms with van der Waals surface area (Å²) in [7, 11) is 0. The third kappa shape index (κ3) is 3.93. The number of thiazole rings is 1. The monoisotopic (exact) mass is 318 g/mol. The first-order valence-electron chi connectivity index (χ1n) is 7.35. The number of rotatable bonds is 5. The third-order valence-electron chi connectivity index (χ3n) is 3.35. The molecule has 22 heavy (non-hydrogen) atoms. The number of aryl methyl sites for hydroxylation is 1. The van der Waals surface area contributed by atoms with Crippen LogP contribution in [0.4, 0.5) is 0 Å². The summed E-state index contributed by atoms with van der Waals surface area (Å²) in [5.41, 5.74) is 1.71. The zero-order valence-electron chi connectivity index (χ0n) is 13.5. The van der Waals surface area contributed by atoms with Crippen molar-refractivity contribution in [3.05, 3.63) is 40.9 Å². The molecule has 0 saturated carbocycles. The number of carbonyl (C=O) groups excluding carboxylic acids is 1. The van der Waals surface area contributed by atoms with E-state index in [0.717, 1.165) is 16.1 Å². The third-order valence-corrected chi connectivity index (χ3v) is 4.22. The predicted octanol–water partition coefficient (Wildman–Crippen LogP) is 3.35. The van der Waals surface area contributed by atoms with Crippen molar-refractivity contribution in [1.82, 2.24) is 9.88 Å². The van der Waals surface area contributed by atoms with E-state index in [4.69, 9.17) is 0 Å². The maximum atomic E-state index is 12.5. The second-order valence-corrected chi connectivity index (χ2v) is 6.84. The molecule has 4 nitrogen and oxygen atoms in total. The van der Waals surface area contributed by atoms with Gasteiger partial charge in [0.15, 0.2) is 0 Å². The fraction of sp³-hybridized carbons (Fsp3) is 0.412. The maximum Gasteiger partial charge on any atom is 0.273 e. The topological polar surface area (TPSA) is 53.4 Å². The molecule has 118 valence electrons. The summed E-state index contributed by atoms with van der Waals surface area (Å²) in [5, 5.41) is 12.6. The van der Waals surface area contributed by atoms with Crippen LogP contribution in [0.2, 0.25) is 0 Å². The summed E-state index contributed by atoms with van der Waals surface area (Å²) in [6.45, 7) is 8.16. The van der Waals surface area contributed by atoms with Gasteiger partial charge in [-0.05, 0) is 33.3 Å². The van der Waals surface area contributed by atoms with Gasteiger partial charge in [-0.15, -0.1) is 11.3 Å². The lowest BCUT2D eigenvalue weighted by molar-refractivity contribution is 0.0312. The fourth-order valence-corrected chi connectivity index (χ4v) is 3.15. The standard InChI is InChI=1S/C17H22N2O2S/c1-5-19(11-17(3,4)21)16(20)14-10-22-15(18-14)13-9-7-6-8-12(13)2/h6-10,21H,5,11H2,1-4H3. The van der Waals surface area contributed by atoms with E-state index in [1.165, 1.54) is 11.3 Å². The number of hydrogen-bond donors (Lipinski definition) is 1. The number of aromatic nitrogens is 1. The Morgan fingerprint density at radius 3 is 2.64 bits per heavy atom. The first kappa shape index (κ1) is 16.6. The van der Waals surface area contributed by atoms with Crippen molar-refractivity contribution in [2.75, 3.05) is 13.1 Å². The van der Waals surface area contributed by atoms with Crippen LogP contribution in [0.3, 0.4) is 0 Å². The van der Waals surface area contributed by atoms with Crippen molar-refractivity contribution in [3.8, 4) is 10.6 Å². The quantitative estimate of drug-likeness (QED) is 0.920. The van der Waals surface area contributed by atoms with Gasteiger partial charge in [0, 0.05) is 24.0 Å². The Hall–Kier alpha value is -1.72. The largest absolute Gasteiger partial charge is 0.389 e. The number of aliphatic hydroxyl groups is 1. The van der Waals surface area contributed by atoms with Crippen LogP contribution in [0.5, 0.6) is 0 Å². The van der Waals surface area contributed by atoms with Gasteiger partial charge in [-0.3, -0.25) is 4.79 Å². The number of amides is 1. The Balaban J connectivity index is 2.24. The Kier molecular flexibility index (Phi) is 4.98. The molecule has 2 aromatic rings. The van der Waals surface area contributed by atoms with Crippen molar-refractivity contribution < 1.29 is 9.90 Å². The molecule has 0 unspecified atom stereocenters. The molecule has 1 aromatic heterocycles. The lowest BCUT2D eigenvalue weighted by atomic mass is 10.1.